The number of Topliss-reactive ketones (excluding diaryl/α,β-unsaturated/α-hetero) is 1. The van der Waals surface area contributed by atoms with Gasteiger partial charge in [0, 0.05) is 6.42 Å². The van der Waals surface area contributed by atoms with E-state index in [-0.39, 0.29) is 11.2 Å². The second-order valence-corrected chi connectivity index (χ2v) is 5.17. The first-order valence-corrected chi connectivity index (χ1v) is 5.03. The van der Waals surface area contributed by atoms with Gasteiger partial charge in [-0.3, -0.25) is 4.79 Å². The summed E-state index contributed by atoms with van der Waals surface area (Å²) in [6, 6.07) is -0.903. The molecule has 86 valence electrons. The van der Waals surface area contributed by atoms with Crippen molar-refractivity contribution in [1.82, 2.24) is 0 Å². The van der Waals surface area contributed by atoms with E-state index in [1.165, 1.54) is 12.2 Å². The summed E-state index contributed by atoms with van der Waals surface area (Å²) in [6.45, 7) is 5.48. The summed E-state index contributed by atoms with van der Waals surface area (Å²) in [4.78, 5) is 39.7. The van der Waals surface area contributed by atoms with Gasteiger partial charge in [0.1, 0.15) is 11.6 Å². The first-order chi connectivity index (χ1) is 7.34. The maximum Gasteiger partial charge on any atom is 0.235 e. The van der Waals surface area contributed by atoms with Crippen LogP contribution in [-0.2, 0) is 14.4 Å². The van der Waals surface area contributed by atoms with E-state index < -0.39 is 11.6 Å². The standard InChI is InChI=1S/C11H14N2O3/c1-10(2)4-8(16)9(12-6-14)11(3,5-10)13-7-15/h9H,4-5H2,1-3H3. The van der Waals surface area contributed by atoms with Crippen molar-refractivity contribution in [2.75, 3.05) is 0 Å². The average Bonchev–Trinajstić information content (AvgIpc) is 2.10. The molecule has 5 heteroatoms. The largest absolute Gasteiger partial charge is 0.297 e. The van der Waals surface area contributed by atoms with Crippen LogP contribution in [0, 0.1) is 5.41 Å². The summed E-state index contributed by atoms with van der Waals surface area (Å²) in [5, 5.41) is 0. The van der Waals surface area contributed by atoms with E-state index in [1.807, 2.05) is 13.8 Å². The van der Waals surface area contributed by atoms with Crippen LogP contribution in [0.1, 0.15) is 33.6 Å². The number of isocyanates is 2. The predicted molar refractivity (Wildman–Crippen MR) is 56.5 cm³/mol. The zero-order valence-corrected chi connectivity index (χ0v) is 9.61. The van der Waals surface area contributed by atoms with Gasteiger partial charge in [-0.25, -0.2) is 9.59 Å². The van der Waals surface area contributed by atoms with Crippen molar-refractivity contribution in [2.24, 2.45) is 15.4 Å². The van der Waals surface area contributed by atoms with Crippen LogP contribution >= 0.6 is 0 Å². The molecule has 5 nitrogen and oxygen atoms in total. The lowest BCUT2D eigenvalue weighted by atomic mass is 9.66. The number of hydrogen-bond acceptors (Lipinski definition) is 5. The summed E-state index contributed by atoms with van der Waals surface area (Å²) in [7, 11) is 0. The number of ketones is 1. The van der Waals surface area contributed by atoms with E-state index in [1.54, 1.807) is 6.92 Å². The maximum atomic E-state index is 11.8. The fourth-order valence-corrected chi connectivity index (χ4v) is 2.51. The second-order valence-electron chi connectivity index (χ2n) is 5.17. The summed E-state index contributed by atoms with van der Waals surface area (Å²) < 4.78 is 0. The van der Waals surface area contributed by atoms with Gasteiger partial charge in [-0.15, -0.1) is 0 Å². The smallest absolute Gasteiger partial charge is 0.235 e. The van der Waals surface area contributed by atoms with Gasteiger partial charge in [0.2, 0.25) is 12.2 Å². The first-order valence-electron chi connectivity index (χ1n) is 5.03. The molecule has 1 rings (SSSR count). The third-order valence-corrected chi connectivity index (χ3v) is 2.87. The Kier molecular flexibility index (Phi) is 3.22. The molecule has 1 aliphatic carbocycles. The molecule has 1 fully saturated rings. The maximum absolute atomic E-state index is 11.8. The van der Waals surface area contributed by atoms with E-state index >= 15 is 0 Å². The molecule has 0 spiro atoms. The quantitative estimate of drug-likeness (QED) is 0.520. The summed E-state index contributed by atoms with van der Waals surface area (Å²) >= 11 is 0. The molecule has 0 aliphatic heterocycles. The summed E-state index contributed by atoms with van der Waals surface area (Å²) in [5.41, 5.74) is -1.22. The van der Waals surface area contributed by atoms with Crippen molar-refractivity contribution in [2.45, 2.75) is 45.2 Å². The van der Waals surface area contributed by atoms with Gasteiger partial charge >= 0.3 is 0 Å². The lowest BCUT2D eigenvalue weighted by Gasteiger charge is -2.41. The highest BCUT2D eigenvalue weighted by molar-refractivity contribution is 5.88. The summed E-state index contributed by atoms with van der Waals surface area (Å²) in [6.07, 6.45) is 3.67. The van der Waals surface area contributed by atoms with Crippen LogP contribution < -0.4 is 0 Å². The molecule has 1 saturated carbocycles. The molecule has 0 radical (unpaired) electrons. The van der Waals surface area contributed by atoms with Crippen LogP contribution in [-0.4, -0.2) is 29.5 Å². The fourth-order valence-electron chi connectivity index (χ4n) is 2.51. The Morgan fingerprint density at radius 1 is 1.25 bits per heavy atom. The molecule has 0 saturated heterocycles. The van der Waals surface area contributed by atoms with Gasteiger partial charge in [-0.2, -0.15) is 9.98 Å². The minimum absolute atomic E-state index is 0.180. The lowest BCUT2D eigenvalue weighted by Crippen LogP contribution is -2.50. The molecule has 0 heterocycles. The minimum atomic E-state index is -0.974. The molecular weight excluding hydrogens is 208 g/mol. The van der Waals surface area contributed by atoms with Crippen LogP contribution in [0.2, 0.25) is 0 Å². The van der Waals surface area contributed by atoms with Crippen LogP contribution in [0.4, 0.5) is 0 Å². The third-order valence-electron chi connectivity index (χ3n) is 2.87. The molecule has 0 N–H and O–H groups in total. The molecular formula is C11H14N2O3. The lowest BCUT2D eigenvalue weighted by molar-refractivity contribution is -0.126. The highest BCUT2D eigenvalue weighted by Crippen LogP contribution is 2.42. The number of nitrogens with zero attached hydrogens (tertiary/aromatic N) is 2. The van der Waals surface area contributed by atoms with Crippen molar-refractivity contribution in [3.05, 3.63) is 0 Å². The number of carbonyl (C=O) groups is 1. The van der Waals surface area contributed by atoms with Crippen molar-refractivity contribution < 1.29 is 14.4 Å². The molecule has 0 aromatic heterocycles. The third kappa shape index (κ3) is 2.32. The molecule has 0 amide bonds. The molecule has 1 aliphatic rings. The zero-order chi connectivity index (χ0) is 12.4. The SMILES string of the molecule is CC1(C)CC(=O)C(N=C=O)C(C)(N=C=O)C1. The number of hydrogen-bond donors (Lipinski definition) is 0. The van der Waals surface area contributed by atoms with Gasteiger partial charge < -0.3 is 0 Å². The van der Waals surface area contributed by atoms with Crippen molar-refractivity contribution in [3.8, 4) is 0 Å². The highest BCUT2D eigenvalue weighted by Gasteiger charge is 2.49. The summed E-state index contributed by atoms with van der Waals surface area (Å²) in [5.74, 6) is -0.180. The first kappa shape index (κ1) is 12.5. The van der Waals surface area contributed by atoms with E-state index in [9.17, 15) is 14.4 Å². The second kappa shape index (κ2) is 4.12. The van der Waals surface area contributed by atoms with Crippen molar-refractivity contribution >= 4 is 17.9 Å². The van der Waals surface area contributed by atoms with Gasteiger partial charge in [0.05, 0.1) is 0 Å². The topological polar surface area (TPSA) is 75.9 Å². The van der Waals surface area contributed by atoms with E-state index in [0.717, 1.165) is 0 Å². The van der Waals surface area contributed by atoms with E-state index in [0.29, 0.717) is 12.8 Å². The Bertz CT molecular complexity index is 403. The Labute approximate surface area is 93.7 Å². The number of carbonyl (C=O) groups excluding carboxylic acids is 3. The Balaban J connectivity index is 3.21. The zero-order valence-electron chi connectivity index (χ0n) is 9.61. The van der Waals surface area contributed by atoms with E-state index in [2.05, 4.69) is 9.98 Å². The van der Waals surface area contributed by atoms with Crippen LogP contribution in [0.15, 0.2) is 9.98 Å². The molecule has 2 unspecified atom stereocenters. The number of aliphatic imine (C=N–C) groups is 2. The normalized spacial score (nSPS) is 32.4. The average molecular weight is 222 g/mol. The fraction of sp³-hybridized carbons (Fsp3) is 0.727. The van der Waals surface area contributed by atoms with Crippen molar-refractivity contribution in [1.29, 1.82) is 0 Å². The van der Waals surface area contributed by atoms with E-state index in [4.69, 9.17) is 0 Å². The van der Waals surface area contributed by atoms with Crippen LogP contribution in [0.25, 0.3) is 0 Å². The highest BCUT2D eigenvalue weighted by atomic mass is 16.1. The number of rotatable bonds is 2. The van der Waals surface area contributed by atoms with Gasteiger partial charge in [-0.1, -0.05) is 13.8 Å². The van der Waals surface area contributed by atoms with Crippen LogP contribution in [0.3, 0.4) is 0 Å². The minimum Gasteiger partial charge on any atom is -0.297 e. The molecule has 0 aromatic rings. The van der Waals surface area contributed by atoms with Gasteiger partial charge in [0.15, 0.2) is 5.78 Å². The Morgan fingerprint density at radius 2 is 1.88 bits per heavy atom. The van der Waals surface area contributed by atoms with Crippen molar-refractivity contribution in [3.63, 3.8) is 0 Å². The molecule has 0 aromatic carbocycles. The monoisotopic (exact) mass is 222 g/mol. The van der Waals surface area contributed by atoms with Crippen LogP contribution in [0.5, 0.6) is 0 Å². The van der Waals surface area contributed by atoms with Gasteiger partial charge in [0.25, 0.3) is 0 Å². The molecule has 0 bridgehead atoms. The Hall–Kier alpha value is -1.57. The Morgan fingerprint density at radius 3 is 2.38 bits per heavy atom. The van der Waals surface area contributed by atoms with Gasteiger partial charge in [-0.05, 0) is 18.8 Å². The predicted octanol–water partition coefficient (Wildman–Crippen LogP) is 1.17. The molecule has 16 heavy (non-hydrogen) atoms. The molecule has 2 atom stereocenters.